The minimum Gasteiger partial charge on any atom is -0.460 e. The van der Waals surface area contributed by atoms with Crippen LogP contribution in [0.4, 0.5) is 0 Å². The predicted molar refractivity (Wildman–Crippen MR) is 49.9 cm³/mol. The molecule has 2 unspecified atom stereocenters. The lowest BCUT2D eigenvalue weighted by Gasteiger charge is -2.12. The van der Waals surface area contributed by atoms with Gasteiger partial charge in [0.25, 0.3) is 0 Å². The molecule has 0 fully saturated rings. The van der Waals surface area contributed by atoms with E-state index in [-0.39, 0.29) is 13.2 Å². The Hall–Kier alpha value is -1.14. The molecule has 0 aliphatic heterocycles. The fourth-order valence-corrected chi connectivity index (χ4v) is 0.725. The van der Waals surface area contributed by atoms with Crippen molar-refractivity contribution in [2.75, 3.05) is 13.2 Å². The molecule has 0 aliphatic carbocycles. The van der Waals surface area contributed by atoms with Crippen LogP contribution in [0.15, 0.2) is 0 Å². The average Bonchev–Trinajstić information content (AvgIpc) is 2.16. The molecule has 0 bridgehead atoms. The van der Waals surface area contributed by atoms with Crippen molar-refractivity contribution < 1.29 is 29.3 Å². The zero-order valence-electron chi connectivity index (χ0n) is 8.80. The molecule has 2 atom stereocenters. The summed E-state index contributed by atoms with van der Waals surface area (Å²) in [7, 11) is 0. The number of aliphatic hydroxyl groups is 2. The van der Waals surface area contributed by atoms with Crippen LogP contribution in [0.2, 0.25) is 0 Å². The van der Waals surface area contributed by atoms with Crippen LogP contribution < -0.4 is 0 Å². The Balaban J connectivity index is 3.81. The number of rotatable bonds is 6. The highest BCUT2D eigenvalue weighted by Crippen LogP contribution is 1.98. The highest BCUT2D eigenvalue weighted by Gasteiger charge is 2.16. The molecule has 0 amide bonds. The molecule has 0 aromatic carbocycles. The lowest BCUT2D eigenvalue weighted by atomic mass is 10.4. The van der Waals surface area contributed by atoms with E-state index in [1.807, 2.05) is 0 Å². The summed E-state index contributed by atoms with van der Waals surface area (Å²) >= 11 is 0. The molecular weight excluding hydrogens is 204 g/mol. The van der Waals surface area contributed by atoms with Crippen LogP contribution in [0, 0.1) is 0 Å². The van der Waals surface area contributed by atoms with Crippen molar-refractivity contribution in [2.45, 2.75) is 32.5 Å². The predicted octanol–water partition coefficient (Wildman–Crippen LogP) is -0.776. The summed E-state index contributed by atoms with van der Waals surface area (Å²) in [5.41, 5.74) is 0. The largest absolute Gasteiger partial charge is 0.460 e. The molecule has 0 radical (unpaired) electrons. The third-order valence-corrected chi connectivity index (χ3v) is 1.47. The van der Waals surface area contributed by atoms with Crippen LogP contribution in [0.3, 0.4) is 0 Å². The Morgan fingerprint density at radius 3 is 1.60 bits per heavy atom. The molecule has 6 heteroatoms. The minimum atomic E-state index is -0.758. The number of carbonyl (C=O) groups excluding carboxylic acids is 2. The fraction of sp³-hybridized carbons (Fsp3) is 0.778. The van der Waals surface area contributed by atoms with Crippen LogP contribution in [0.25, 0.3) is 0 Å². The highest BCUT2D eigenvalue weighted by atomic mass is 16.6. The van der Waals surface area contributed by atoms with Gasteiger partial charge in [-0.15, -0.1) is 0 Å². The van der Waals surface area contributed by atoms with Crippen molar-refractivity contribution in [3.05, 3.63) is 0 Å². The van der Waals surface area contributed by atoms with E-state index in [0.717, 1.165) is 0 Å². The summed E-state index contributed by atoms with van der Waals surface area (Å²) in [5, 5.41) is 17.1. The van der Waals surface area contributed by atoms with Crippen LogP contribution in [0.1, 0.15) is 20.3 Å². The van der Waals surface area contributed by atoms with Gasteiger partial charge in [0, 0.05) is 0 Å². The highest BCUT2D eigenvalue weighted by molar-refractivity contribution is 5.91. The summed E-state index contributed by atoms with van der Waals surface area (Å²) in [6.07, 6.45) is -1.80. The lowest BCUT2D eigenvalue weighted by Crippen LogP contribution is -2.24. The van der Waals surface area contributed by atoms with Gasteiger partial charge in [-0.2, -0.15) is 0 Å². The van der Waals surface area contributed by atoms with Gasteiger partial charge in [-0.25, -0.2) is 0 Å². The van der Waals surface area contributed by atoms with Gasteiger partial charge in [-0.1, -0.05) is 0 Å². The molecule has 0 aromatic heterocycles. The molecule has 15 heavy (non-hydrogen) atoms. The molecule has 0 aromatic rings. The summed E-state index contributed by atoms with van der Waals surface area (Å²) in [6, 6.07) is 0. The van der Waals surface area contributed by atoms with Gasteiger partial charge in [0.05, 0.1) is 13.2 Å². The van der Waals surface area contributed by atoms with Gasteiger partial charge in [-0.05, 0) is 13.8 Å². The molecule has 2 N–H and O–H groups in total. The van der Waals surface area contributed by atoms with E-state index in [4.69, 9.17) is 10.2 Å². The second-order valence-electron chi connectivity index (χ2n) is 3.14. The normalized spacial score (nSPS) is 14.1. The van der Waals surface area contributed by atoms with Crippen molar-refractivity contribution in [2.24, 2.45) is 0 Å². The second kappa shape index (κ2) is 7.19. The summed E-state index contributed by atoms with van der Waals surface area (Å²) in [5.74, 6) is -1.52. The van der Waals surface area contributed by atoms with E-state index >= 15 is 0 Å². The SMILES string of the molecule is CC(CO)OC(=O)CC(=O)OC(C)CO. The summed E-state index contributed by atoms with van der Waals surface area (Å²) in [4.78, 5) is 22.0. The van der Waals surface area contributed by atoms with Gasteiger partial charge < -0.3 is 19.7 Å². The van der Waals surface area contributed by atoms with E-state index in [0.29, 0.717) is 0 Å². The molecule has 0 rings (SSSR count). The quantitative estimate of drug-likeness (QED) is 0.451. The van der Waals surface area contributed by atoms with Crippen LogP contribution >= 0.6 is 0 Å². The number of hydrogen-bond acceptors (Lipinski definition) is 6. The first kappa shape index (κ1) is 13.9. The Kier molecular flexibility index (Phi) is 6.64. The Labute approximate surface area is 87.8 Å². The zero-order chi connectivity index (χ0) is 11.8. The van der Waals surface area contributed by atoms with E-state index in [9.17, 15) is 9.59 Å². The lowest BCUT2D eigenvalue weighted by molar-refractivity contribution is -0.161. The Morgan fingerprint density at radius 2 is 1.33 bits per heavy atom. The van der Waals surface area contributed by atoms with Gasteiger partial charge >= 0.3 is 11.9 Å². The minimum absolute atomic E-state index is 0.298. The molecule has 0 saturated heterocycles. The first-order valence-electron chi connectivity index (χ1n) is 4.60. The zero-order valence-corrected chi connectivity index (χ0v) is 8.80. The number of esters is 2. The maximum Gasteiger partial charge on any atom is 0.317 e. The van der Waals surface area contributed by atoms with Gasteiger partial charge in [0.1, 0.15) is 18.6 Å². The summed E-state index contributed by atoms with van der Waals surface area (Å²) < 4.78 is 9.27. The van der Waals surface area contributed by atoms with E-state index in [2.05, 4.69) is 9.47 Å². The van der Waals surface area contributed by atoms with Crippen LogP contribution in [0.5, 0.6) is 0 Å². The monoisotopic (exact) mass is 220 g/mol. The molecule has 0 aliphatic rings. The third kappa shape index (κ3) is 6.87. The van der Waals surface area contributed by atoms with Crippen molar-refractivity contribution >= 4 is 11.9 Å². The van der Waals surface area contributed by atoms with Gasteiger partial charge in [-0.3, -0.25) is 9.59 Å². The molecular formula is C9H16O6. The second-order valence-corrected chi connectivity index (χ2v) is 3.14. The van der Waals surface area contributed by atoms with Crippen LogP contribution in [-0.2, 0) is 19.1 Å². The molecule has 0 spiro atoms. The summed E-state index contributed by atoms with van der Waals surface area (Å²) in [6.45, 7) is 2.40. The van der Waals surface area contributed by atoms with Crippen molar-refractivity contribution in [3.8, 4) is 0 Å². The van der Waals surface area contributed by atoms with Gasteiger partial charge in [0.2, 0.25) is 0 Å². The maximum absolute atomic E-state index is 11.0. The van der Waals surface area contributed by atoms with Gasteiger partial charge in [0.15, 0.2) is 0 Å². The smallest absolute Gasteiger partial charge is 0.317 e. The fourth-order valence-electron chi connectivity index (χ4n) is 0.725. The number of aliphatic hydroxyl groups excluding tert-OH is 2. The van der Waals surface area contributed by atoms with E-state index in [1.165, 1.54) is 13.8 Å². The Bertz CT molecular complexity index is 193. The molecule has 0 heterocycles. The molecule has 6 nitrogen and oxygen atoms in total. The topological polar surface area (TPSA) is 93.1 Å². The van der Waals surface area contributed by atoms with Crippen molar-refractivity contribution in [1.82, 2.24) is 0 Å². The molecule has 0 saturated carbocycles. The van der Waals surface area contributed by atoms with E-state index < -0.39 is 30.6 Å². The molecule has 88 valence electrons. The number of hydrogen-bond donors (Lipinski definition) is 2. The third-order valence-electron chi connectivity index (χ3n) is 1.47. The number of ether oxygens (including phenoxy) is 2. The maximum atomic E-state index is 11.0. The van der Waals surface area contributed by atoms with Crippen molar-refractivity contribution in [3.63, 3.8) is 0 Å². The van der Waals surface area contributed by atoms with Crippen molar-refractivity contribution in [1.29, 1.82) is 0 Å². The first-order chi connectivity index (χ1) is 6.99. The Morgan fingerprint density at radius 1 is 1.00 bits per heavy atom. The van der Waals surface area contributed by atoms with E-state index in [1.54, 1.807) is 0 Å². The average molecular weight is 220 g/mol. The standard InChI is InChI=1S/C9H16O6/c1-6(4-10)14-8(12)3-9(13)15-7(2)5-11/h6-7,10-11H,3-5H2,1-2H3. The number of carbonyl (C=O) groups is 2. The van der Waals surface area contributed by atoms with Crippen LogP contribution in [-0.4, -0.2) is 47.6 Å². The first-order valence-corrected chi connectivity index (χ1v) is 4.60.